The number of halogens is 2. The van der Waals surface area contributed by atoms with Crippen LogP contribution in [0.25, 0.3) is 11.0 Å². The Bertz CT molecular complexity index is 1580. The molecular formula is C26H25ClFN3O6S. The van der Waals surface area contributed by atoms with Gasteiger partial charge in [0, 0.05) is 6.07 Å². The van der Waals surface area contributed by atoms with Crippen LogP contribution in [0.3, 0.4) is 0 Å². The van der Waals surface area contributed by atoms with Crippen LogP contribution in [0.1, 0.15) is 26.3 Å². The number of aromatic nitrogens is 2. The number of aromatic amines is 1. The van der Waals surface area contributed by atoms with Crippen molar-refractivity contribution in [2.24, 2.45) is 0 Å². The molecule has 0 fully saturated rings. The van der Waals surface area contributed by atoms with E-state index < -0.39 is 27.6 Å². The number of H-pyrrole nitrogens is 1. The lowest BCUT2D eigenvalue weighted by atomic mass is 10.2. The molecule has 0 aliphatic carbocycles. The van der Waals surface area contributed by atoms with E-state index in [-0.39, 0.29) is 23.1 Å². The highest BCUT2D eigenvalue weighted by molar-refractivity contribution is 7.87. The van der Waals surface area contributed by atoms with Gasteiger partial charge in [0.2, 0.25) is 5.95 Å². The van der Waals surface area contributed by atoms with Gasteiger partial charge in [-0.1, -0.05) is 17.7 Å². The standard InChI is InChI=1S/C26H25ClFN3O6S/c1-26(2,3)36-25(32)31(15-16-5-12-23(35-4)20(27)13-16)24-29-21-11-8-18(14-22(21)30-24)37-38(33,34)19-9-6-17(28)7-10-19/h5-14H,15H2,1-4H3,(H,29,30). The van der Waals surface area contributed by atoms with Crippen LogP contribution in [0.5, 0.6) is 11.5 Å². The second-order valence-electron chi connectivity index (χ2n) is 9.27. The van der Waals surface area contributed by atoms with E-state index in [1.807, 2.05) is 0 Å². The van der Waals surface area contributed by atoms with Crippen LogP contribution in [0.15, 0.2) is 65.6 Å². The average Bonchev–Trinajstić information content (AvgIpc) is 3.24. The number of hydrogen-bond donors (Lipinski definition) is 1. The van der Waals surface area contributed by atoms with Gasteiger partial charge in [-0.3, -0.25) is 0 Å². The number of carbonyl (C=O) groups is 1. The van der Waals surface area contributed by atoms with Gasteiger partial charge < -0.3 is 18.6 Å². The van der Waals surface area contributed by atoms with E-state index in [9.17, 15) is 17.6 Å². The van der Waals surface area contributed by atoms with Crippen molar-refractivity contribution >= 4 is 44.8 Å². The lowest BCUT2D eigenvalue weighted by Crippen LogP contribution is -2.37. The van der Waals surface area contributed by atoms with Gasteiger partial charge in [0.1, 0.15) is 27.8 Å². The summed E-state index contributed by atoms with van der Waals surface area (Å²) in [5.41, 5.74) is 0.784. The Hall–Kier alpha value is -3.83. The minimum atomic E-state index is -4.20. The van der Waals surface area contributed by atoms with Gasteiger partial charge in [-0.15, -0.1) is 0 Å². The summed E-state index contributed by atoms with van der Waals surface area (Å²) in [4.78, 5) is 21.8. The topological polar surface area (TPSA) is 111 Å². The summed E-state index contributed by atoms with van der Waals surface area (Å²) >= 11 is 6.27. The van der Waals surface area contributed by atoms with Gasteiger partial charge in [-0.25, -0.2) is 19.1 Å². The Labute approximate surface area is 224 Å². The van der Waals surface area contributed by atoms with Gasteiger partial charge in [0.15, 0.2) is 0 Å². The number of fused-ring (bicyclic) bond motifs is 1. The maximum absolute atomic E-state index is 13.2. The molecule has 4 rings (SSSR count). The Kier molecular flexibility index (Phi) is 7.52. The summed E-state index contributed by atoms with van der Waals surface area (Å²) in [5.74, 6) is 0.0930. The predicted octanol–water partition coefficient (Wildman–Crippen LogP) is 6.07. The van der Waals surface area contributed by atoms with Gasteiger partial charge in [-0.05, 0) is 74.9 Å². The molecule has 0 saturated heterocycles. The third kappa shape index (κ3) is 6.35. The lowest BCUT2D eigenvalue weighted by Gasteiger charge is -2.26. The van der Waals surface area contributed by atoms with Crippen LogP contribution in [0, 0.1) is 5.82 Å². The summed E-state index contributed by atoms with van der Waals surface area (Å²) in [5, 5.41) is 0.378. The molecule has 0 aliphatic heterocycles. The summed E-state index contributed by atoms with van der Waals surface area (Å²) in [7, 11) is -2.70. The zero-order valence-electron chi connectivity index (χ0n) is 21.0. The molecule has 12 heteroatoms. The molecule has 0 unspecified atom stereocenters. The van der Waals surface area contributed by atoms with E-state index in [1.54, 1.807) is 45.0 Å². The number of ether oxygens (including phenoxy) is 2. The number of hydrogen-bond acceptors (Lipinski definition) is 7. The van der Waals surface area contributed by atoms with Crippen molar-refractivity contribution in [2.75, 3.05) is 12.0 Å². The van der Waals surface area contributed by atoms with Crippen LogP contribution in [0.2, 0.25) is 5.02 Å². The largest absolute Gasteiger partial charge is 0.495 e. The first-order chi connectivity index (χ1) is 17.8. The molecule has 0 bridgehead atoms. The van der Waals surface area contributed by atoms with E-state index in [0.717, 1.165) is 24.3 Å². The summed E-state index contributed by atoms with van der Waals surface area (Å²) < 4.78 is 54.4. The highest BCUT2D eigenvalue weighted by Gasteiger charge is 2.26. The molecule has 200 valence electrons. The molecule has 1 aromatic heterocycles. The quantitative estimate of drug-likeness (QED) is 0.272. The van der Waals surface area contributed by atoms with E-state index in [2.05, 4.69) is 9.97 Å². The van der Waals surface area contributed by atoms with Crippen LogP contribution >= 0.6 is 11.6 Å². The van der Waals surface area contributed by atoms with E-state index in [0.29, 0.717) is 27.4 Å². The highest BCUT2D eigenvalue weighted by Crippen LogP contribution is 2.29. The fourth-order valence-electron chi connectivity index (χ4n) is 3.46. The number of benzene rings is 3. The monoisotopic (exact) mass is 561 g/mol. The second-order valence-corrected chi connectivity index (χ2v) is 11.2. The number of methoxy groups -OCH3 is 1. The van der Waals surface area contributed by atoms with Crippen LogP contribution in [0.4, 0.5) is 15.1 Å². The molecule has 9 nitrogen and oxygen atoms in total. The normalized spacial score (nSPS) is 11.8. The third-order valence-electron chi connectivity index (χ3n) is 5.18. The maximum atomic E-state index is 13.2. The molecule has 1 amide bonds. The number of amides is 1. The maximum Gasteiger partial charge on any atom is 0.417 e. The molecule has 38 heavy (non-hydrogen) atoms. The van der Waals surface area contributed by atoms with E-state index in [4.69, 9.17) is 25.3 Å². The number of anilines is 1. The first-order valence-corrected chi connectivity index (χ1v) is 13.2. The number of carbonyl (C=O) groups excluding carboxylic acids is 1. The molecule has 0 radical (unpaired) electrons. The minimum absolute atomic E-state index is 0.00257. The second kappa shape index (κ2) is 10.5. The van der Waals surface area contributed by atoms with Crippen molar-refractivity contribution in [3.05, 3.63) is 77.1 Å². The Morgan fingerprint density at radius 2 is 1.79 bits per heavy atom. The number of imidazole rings is 1. The molecule has 4 aromatic rings. The van der Waals surface area contributed by atoms with Crippen molar-refractivity contribution in [2.45, 2.75) is 37.8 Å². The molecule has 0 spiro atoms. The zero-order valence-corrected chi connectivity index (χ0v) is 22.6. The minimum Gasteiger partial charge on any atom is -0.495 e. The van der Waals surface area contributed by atoms with Crippen LogP contribution in [-0.2, 0) is 21.4 Å². The Morgan fingerprint density at radius 3 is 2.42 bits per heavy atom. The van der Waals surface area contributed by atoms with Gasteiger partial charge in [0.05, 0.1) is 29.7 Å². The average molecular weight is 562 g/mol. The molecule has 0 atom stereocenters. The molecule has 1 N–H and O–H groups in total. The van der Waals surface area contributed by atoms with E-state index in [1.165, 1.54) is 24.1 Å². The molecule has 0 aliphatic rings. The fourth-order valence-corrected chi connectivity index (χ4v) is 4.67. The van der Waals surface area contributed by atoms with Gasteiger partial charge in [-0.2, -0.15) is 8.42 Å². The first-order valence-electron chi connectivity index (χ1n) is 11.4. The van der Waals surface area contributed by atoms with Gasteiger partial charge >= 0.3 is 16.2 Å². The van der Waals surface area contributed by atoms with Crippen molar-refractivity contribution in [1.29, 1.82) is 0 Å². The third-order valence-corrected chi connectivity index (χ3v) is 6.73. The molecule has 1 heterocycles. The number of nitrogens with one attached hydrogen (secondary N) is 1. The smallest absolute Gasteiger partial charge is 0.417 e. The lowest BCUT2D eigenvalue weighted by molar-refractivity contribution is 0.0575. The Balaban J connectivity index is 1.66. The van der Waals surface area contributed by atoms with Crippen molar-refractivity contribution in [3.8, 4) is 11.5 Å². The summed E-state index contributed by atoms with van der Waals surface area (Å²) in [6, 6.07) is 13.8. The summed E-state index contributed by atoms with van der Waals surface area (Å²) in [6.45, 7) is 5.31. The Morgan fingerprint density at radius 1 is 1.08 bits per heavy atom. The van der Waals surface area contributed by atoms with Crippen molar-refractivity contribution in [3.63, 3.8) is 0 Å². The van der Waals surface area contributed by atoms with Crippen molar-refractivity contribution < 1.29 is 31.3 Å². The zero-order chi connectivity index (χ0) is 27.7. The molecule has 3 aromatic carbocycles. The molecule has 0 saturated carbocycles. The first kappa shape index (κ1) is 27.2. The fraction of sp³-hybridized carbons (Fsp3) is 0.231. The van der Waals surface area contributed by atoms with Crippen LogP contribution < -0.4 is 13.8 Å². The van der Waals surface area contributed by atoms with Gasteiger partial charge in [0.25, 0.3) is 0 Å². The summed E-state index contributed by atoms with van der Waals surface area (Å²) in [6.07, 6.45) is -0.654. The van der Waals surface area contributed by atoms with Crippen LogP contribution in [-0.4, -0.2) is 37.2 Å². The highest BCUT2D eigenvalue weighted by atomic mass is 35.5. The van der Waals surface area contributed by atoms with Crippen molar-refractivity contribution in [1.82, 2.24) is 9.97 Å². The number of nitrogens with zero attached hydrogens (tertiary/aromatic N) is 2. The van der Waals surface area contributed by atoms with E-state index >= 15 is 0 Å². The predicted molar refractivity (Wildman–Crippen MR) is 141 cm³/mol. The SMILES string of the molecule is COc1ccc(CN(C(=O)OC(C)(C)C)c2nc3ccc(OS(=O)(=O)c4ccc(F)cc4)cc3[nH]2)cc1Cl. The number of rotatable bonds is 7. The molecular weight excluding hydrogens is 537 g/mol.